The number of hydrogen-bond acceptors (Lipinski definition) is 5. The van der Waals surface area contributed by atoms with Crippen LogP contribution in [0.2, 0.25) is 0 Å². The fourth-order valence-electron chi connectivity index (χ4n) is 1.88. The molecule has 0 aromatic carbocycles. The lowest BCUT2D eigenvalue weighted by Crippen LogP contribution is -2.38. The topological polar surface area (TPSA) is 75.0 Å². The van der Waals surface area contributed by atoms with Gasteiger partial charge in [0.1, 0.15) is 6.17 Å². The van der Waals surface area contributed by atoms with E-state index in [1.807, 2.05) is 6.07 Å². The molecule has 1 unspecified atom stereocenters. The lowest BCUT2D eigenvalue weighted by atomic mass is 10.1. The van der Waals surface area contributed by atoms with Gasteiger partial charge in [-0.25, -0.2) is 0 Å². The Morgan fingerprint density at radius 3 is 3.29 bits per heavy atom. The minimum atomic E-state index is -0.170. The number of rotatable bonds is 0. The summed E-state index contributed by atoms with van der Waals surface area (Å²) in [5, 5.41) is 9.66. The van der Waals surface area contributed by atoms with Gasteiger partial charge in [-0.1, -0.05) is 0 Å². The predicted molar refractivity (Wildman–Crippen MR) is 53.9 cm³/mol. The molecule has 1 aromatic rings. The van der Waals surface area contributed by atoms with E-state index >= 15 is 0 Å². The summed E-state index contributed by atoms with van der Waals surface area (Å²) in [4.78, 5) is 4.06. The van der Waals surface area contributed by atoms with Crippen LogP contribution < -0.4 is 21.7 Å². The number of aromatic nitrogens is 1. The highest BCUT2D eigenvalue weighted by atomic mass is 15.2. The minimum absolute atomic E-state index is 0.170. The number of fused-ring (bicyclic) bond motifs is 2. The van der Waals surface area contributed by atoms with Crippen molar-refractivity contribution in [2.24, 2.45) is 5.73 Å². The van der Waals surface area contributed by atoms with Crippen LogP contribution in [0.4, 0.5) is 5.69 Å². The molecule has 0 saturated heterocycles. The molecule has 14 heavy (non-hydrogen) atoms. The van der Waals surface area contributed by atoms with Crippen LogP contribution in [0.25, 0.3) is 5.70 Å². The average Bonchev–Trinajstić information content (AvgIpc) is 2.67. The van der Waals surface area contributed by atoms with Gasteiger partial charge in [0.05, 0.1) is 29.9 Å². The van der Waals surface area contributed by atoms with E-state index in [1.54, 1.807) is 12.4 Å². The normalized spacial score (nSPS) is 23.1. The molecular weight excluding hydrogens is 178 g/mol. The number of nitrogens with two attached hydrogens (primary N) is 1. The van der Waals surface area contributed by atoms with Crippen molar-refractivity contribution in [1.29, 1.82) is 0 Å². The Kier molecular flexibility index (Phi) is 1.43. The lowest BCUT2D eigenvalue weighted by Gasteiger charge is -2.24. The van der Waals surface area contributed by atoms with Crippen LogP contribution in [-0.4, -0.2) is 17.8 Å². The van der Waals surface area contributed by atoms with Gasteiger partial charge in [0, 0.05) is 11.8 Å². The summed E-state index contributed by atoms with van der Waals surface area (Å²) in [6, 6.07) is 1.98. The van der Waals surface area contributed by atoms with Crippen molar-refractivity contribution in [3.8, 4) is 0 Å². The zero-order chi connectivity index (χ0) is 9.54. The maximum Gasteiger partial charge on any atom is 0.118 e. The summed E-state index contributed by atoms with van der Waals surface area (Å²) >= 11 is 0. The molecule has 0 spiro atoms. The van der Waals surface area contributed by atoms with Gasteiger partial charge in [0.2, 0.25) is 0 Å². The summed E-state index contributed by atoms with van der Waals surface area (Å²) < 4.78 is 0. The first-order chi connectivity index (χ1) is 6.86. The molecule has 5 N–H and O–H groups in total. The SMILES string of the molecule is NC1Nc2cnccc2C2=C1NCN2. The molecule has 72 valence electrons. The molecule has 2 aliphatic rings. The van der Waals surface area contributed by atoms with Crippen LogP contribution in [0.3, 0.4) is 0 Å². The van der Waals surface area contributed by atoms with E-state index in [2.05, 4.69) is 20.9 Å². The number of nitrogens with one attached hydrogen (secondary N) is 3. The van der Waals surface area contributed by atoms with E-state index in [9.17, 15) is 0 Å². The Balaban J connectivity index is 2.19. The second kappa shape index (κ2) is 2.62. The van der Waals surface area contributed by atoms with E-state index < -0.39 is 0 Å². The van der Waals surface area contributed by atoms with Gasteiger partial charge in [-0.05, 0) is 6.07 Å². The van der Waals surface area contributed by atoms with E-state index in [0.29, 0.717) is 0 Å². The third-order valence-corrected chi connectivity index (χ3v) is 2.53. The first-order valence-corrected chi connectivity index (χ1v) is 4.54. The van der Waals surface area contributed by atoms with Crippen molar-refractivity contribution >= 4 is 11.4 Å². The Hall–Kier alpha value is -1.75. The molecule has 0 fully saturated rings. The fourth-order valence-corrected chi connectivity index (χ4v) is 1.88. The average molecular weight is 189 g/mol. The first-order valence-electron chi connectivity index (χ1n) is 4.54. The van der Waals surface area contributed by atoms with E-state index in [4.69, 9.17) is 5.73 Å². The Bertz CT molecular complexity index is 411. The molecule has 0 bridgehead atoms. The highest BCUT2D eigenvalue weighted by molar-refractivity contribution is 5.81. The van der Waals surface area contributed by atoms with E-state index in [1.165, 1.54) is 0 Å². The van der Waals surface area contributed by atoms with Gasteiger partial charge in [-0.3, -0.25) is 4.98 Å². The van der Waals surface area contributed by atoms with Crippen molar-refractivity contribution in [2.75, 3.05) is 12.0 Å². The molecule has 2 aliphatic heterocycles. The summed E-state index contributed by atoms with van der Waals surface area (Å²) in [6.45, 7) is 0.738. The smallest absolute Gasteiger partial charge is 0.118 e. The lowest BCUT2D eigenvalue weighted by molar-refractivity contribution is 0.746. The van der Waals surface area contributed by atoms with Crippen LogP contribution in [0.5, 0.6) is 0 Å². The number of nitrogens with zero attached hydrogens (tertiary/aromatic N) is 1. The van der Waals surface area contributed by atoms with Crippen LogP contribution in [0.15, 0.2) is 24.2 Å². The molecule has 0 radical (unpaired) electrons. The summed E-state index contributed by atoms with van der Waals surface area (Å²) in [5.41, 5.74) is 10.2. The van der Waals surface area contributed by atoms with Crippen molar-refractivity contribution in [2.45, 2.75) is 6.17 Å². The van der Waals surface area contributed by atoms with Crippen molar-refractivity contribution in [1.82, 2.24) is 15.6 Å². The van der Waals surface area contributed by atoms with Gasteiger partial charge >= 0.3 is 0 Å². The van der Waals surface area contributed by atoms with Crippen molar-refractivity contribution < 1.29 is 0 Å². The van der Waals surface area contributed by atoms with Gasteiger partial charge in [0.25, 0.3) is 0 Å². The van der Waals surface area contributed by atoms with Crippen LogP contribution >= 0.6 is 0 Å². The molecule has 3 heterocycles. The molecule has 5 heteroatoms. The molecule has 3 rings (SSSR count). The molecule has 1 aromatic heterocycles. The third-order valence-electron chi connectivity index (χ3n) is 2.53. The zero-order valence-electron chi connectivity index (χ0n) is 7.54. The van der Waals surface area contributed by atoms with Gasteiger partial charge < -0.3 is 21.7 Å². The van der Waals surface area contributed by atoms with Gasteiger partial charge in [-0.15, -0.1) is 0 Å². The number of hydrogen-bond donors (Lipinski definition) is 4. The van der Waals surface area contributed by atoms with Crippen LogP contribution in [0.1, 0.15) is 5.56 Å². The first kappa shape index (κ1) is 7.64. The monoisotopic (exact) mass is 189 g/mol. The third kappa shape index (κ3) is 0.898. The maximum absolute atomic E-state index is 5.94. The molecule has 0 saturated carbocycles. The van der Waals surface area contributed by atoms with E-state index in [0.717, 1.165) is 29.3 Å². The number of anilines is 1. The standard InChI is InChI=1S/C9H11N5/c10-9-8-7(12-4-13-8)5-1-2-11-3-6(5)14-9/h1-3,9,12-14H,4,10H2. The Morgan fingerprint density at radius 2 is 2.36 bits per heavy atom. The molecular formula is C9H11N5. The maximum atomic E-state index is 5.94. The van der Waals surface area contributed by atoms with E-state index in [-0.39, 0.29) is 6.17 Å². The quantitative estimate of drug-likeness (QED) is 0.447. The molecule has 0 aliphatic carbocycles. The van der Waals surface area contributed by atoms with Gasteiger partial charge in [0.15, 0.2) is 0 Å². The summed E-state index contributed by atoms with van der Waals surface area (Å²) in [5.74, 6) is 0. The molecule has 1 atom stereocenters. The summed E-state index contributed by atoms with van der Waals surface area (Å²) in [7, 11) is 0. The van der Waals surface area contributed by atoms with Crippen molar-refractivity contribution in [3.63, 3.8) is 0 Å². The van der Waals surface area contributed by atoms with Gasteiger partial charge in [-0.2, -0.15) is 0 Å². The second-order valence-corrected chi connectivity index (χ2v) is 3.36. The van der Waals surface area contributed by atoms with Crippen LogP contribution in [-0.2, 0) is 0 Å². The highest BCUT2D eigenvalue weighted by Gasteiger charge is 2.27. The van der Waals surface area contributed by atoms with Crippen molar-refractivity contribution in [3.05, 3.63) is 29.7 Å². The largest absolute Gasteiger partial charge is 0.367 e. The Morgan fingerprint density at radius 1 is 1.43 bits per heavy atom. The summed E-state index contributed by atoms with van der Waals surface area (Å²) in [6.07, 6.45) is 3.40. The minimum Gasteiger partial charge on any atom is -0.367 e. The van der Waals surface area contributed by atoms with Crippen LogP contribution in [0, 0.1) is 0 Å². The second-order valence-electron chi connectivity index (χ2n) is 3.36. The fraction of sp³-hybridized carbons (Fsp3) is 0.222. The zero-order valence-corrected chi connectivity index (χ0v) is 7.54. The Labute approximate surface area is 81.4 Å². The number of pyridine rings is 1. The predicted octanol–water partition coefficient (Wildman–Crippen LogP) is -0.389. The molecule has 5 nitrogen and oxygen atoms in total. The molecule has 0 amide bonds. The highest BCUT2D eigenvalue weighted by Crippen LogP contribution is 2.30.